The number of carbonyl (C=O) groups excluding carboxylic acids is 1. The Balaban J connectivity index is 0.00000180. The summed E-state index contributed by atoms with van der Waals surface area (Å²) in [5, 5.41) is 3.29. The summed E-state index contributed by atoms with van der Waals surface area (Å²) in [5.74, 6) is -0.265. The van der Waals surface area contributed by atoms with Crippen LogP contribution in [0.1, 0.15) is 12.5 Å². The van der Waals surface area contributed by atoms with Crippen LogP contribution in [0.3, 0.4) is 0 Å². The molecule has 19 heavy (non-hydrogen) atoms. The molecule has 1 atom stereocenters. The second-order valence-corrected chi connectivity index (χ2v) is 5.47. The van der Waals surface area contributed by atoms with Gasteiger partial charge in [-0.2, -0.15) is 0 Å². The first-order valence-corrected chi connectivity index (χ1v) is 6.80. The van der Waals surface area contributed by atoms with Crippen molar-refractivity contribution in [2.24, 2.45) is 0 Å². The van der Waals surface area contributed by atoms with E-state index in [4.69, 9.17) is 0 Å². The van der Waals surface area contributed by atoms with Gasteiger partial charge in [-0.05, 0) is 40.5 Å². The van der Waals surface area contributed by atoms with Crippen molar-refractivity contribution in [2.75, 3.05) is 19.6 Å². The standard InChI is InChI=1S/C13H16BrFN2O.ClH/c1-9-8-17(5-4-16-9)13(18)7-10-2-3-11(14)12(15)6-10;/h2-3,6,9,16H,4-5,7-8H2,1H3;1H/t9-;/m0./s1. The van der Waals surface area contributed by atoms with Crippen molar-refractivity contribution in [3.8, 4) is 0 Å². The molecule has 0 aromatic heterocycles. The maximum absolute atomic E-state index is 13.4. The molecule has 3 nitrogen and oxygen atoms in total. The molecule has 0 radical (unpaired) electrons. The first-order chi connectivity index (χ1) is 8.56. The van der Waals surface area contributed by atoms with Gasteiger partial charge in [0.25, 0.3) is 0 Å². The maximum atomic E-state index is 13.4. The van der Waals surface area contributed by atoms with E-state index in [-0.39, 0.29) is 30.6 Å². The SMILES string of the molecule is C[C@H]1CN(C(=O)Cc2ccc(Br)c(F)c2)CCN1.Cl. The van der Waals surface area contributed by atoms with Crippen LogP contribution < -0.4 is 5.32 Å². The fraction of sp³-hybridized carbons (Fsp3) is 0.462. The van der Waals surface area contributed by atoms with Gasteiger partial charge in [0.2, 0.25) is 5.91 Å². The van der Waals surface area contributed by atoms with Gasteiger partial charge in [-0.25, -0.2) is 4.39 Å². The lowest BCUT2D eigenvalue weighted by atomic mass is 10.1. The molecular weight excluding hydrogens is 335 g/mol. The van der Waals surface area contributed by atoms with E-state index in [1.165, 1.54) is 6.07 Å². The van der Waals surface area contributed by atoms with E-state index in [0.717, 1.165) is 19.6 Å². The predicted octanol–water partition coefficient (Wildman–Crippen LogP) is 2.37. The predicted molar refractivity (Wildman–Crippen MR) is 79.1 cm³/mol. The molecule has 2 rings (SSSR count). The molecule has 0 spiro atoms. The quantitative estimate of drug-likeness (QED) is 0.887. The summed E-state index contributed by atoms with van der Waals surface area (Å²) in [6.45, 7) is 4.32. The lowest BCUT2D eigenvalue weighted by Crippen LogP contribution is -2.51. The number of rotatable bonds is 2. The van der Waals surface area contributed by atoms with E-state index in [2.05, 4.69) is 28.2 Å². The van der Waals surface area contributed by atoms with Gasteiger partial charge in [0.05, 0.1) is 10.9 Å². The molecular formula is C13H17BrClFN2O. The van der Waals surface area contributed by atoms with Crippen LogP contribution in [-0.4, -0.2) is 36.5 Å². The topological polar surface area (TPSA) is 32.3 Å². The van der Waals surface area contributed by atoms with Crippen molar-refractivity contribution in [3.05, 3.63) is 34.1 Å². The Labute approximate surface area is 127 Å². The van der Waals surface area contributed by atoms with Crippen molar-refractivity contribution < 1.29 is 9.18 Å². The molecule has 6 heteroatoms. The smallest absolute Gasteiger partial charge is 0.227 e. The van der Waals surface area contributed by atoms with Crippen molar-refractivity contribution >= 4 is 34.2 Å². The number of amides is 1. The number of benzene rings is 1. The van der Waals surface area contributed by atoms with Crippen LogP contribution in [0.15, 0.2) is 22.7 Å². The van der Waals surface area contributed by atoms with Crippen LogP contribution in [-0.2, 0) is 11.2 Å². The minimum Gasteiger partial charge on any atom is -0.340 e. The van der Waals surface area contributed by atoms with Crippen molar-refractivity contribution in [2.45, 2.75) is 19.4 Å². The fourth-order valence-corrected chi connectivity index (χ4v) is 2.34. The highest BCUT2D eigenvalue weighted by molar-refractivity contribution is 9.10. The van der Waals surface area contributed by atoms with Gasteiger partial charge in [0, 0.05) is 25.7 Å². The molecule has 1 fully saturated rings. The van der Waals surface area contributed by atoms with E-state index in [1.54, 1.807) is 12.1 Å². The largest absolute Gasteiger partial charge is 0.340 e. The average Bonchev–Trinajstić information content (AvgIpc) is 2.34. The van der Waals surface area contributed by atoms with Gasteiger partial charge in [-0.15, -0.1) is 12.4 Å². The molecule has 0 bridgehead atoms. The zero-order valence-electron chi connectivity index (χ0n) is 10.7. The van der Waals surface area contributed by atoms with Crippen LogP contribution in [0.25, 0.3) is 0 Å². The maximum Gasteiger partial charge on any atom is 0.227 e. The molecule has 106 valence electrons. The Morgan fingerprint density at radius 2 is 2.32 bits per heavy atom. The Kier molecular flexibility index (Phi) is 6.23. The van der Waals surface area contributed by atoms with E-state index in [9.17, 15) is 9.18 Å². The normalized spacial score (nSPS) is 18.9. The van der Waals surface area contributed by atoms with Crippen LogP contribution in [0.2, 0.25) is 0 Å². The van der Waals surface area contributed by atoms with Crippen LogP contribution in [0.5, 0.6) is 0 Å². The number of hydrogen-bond donors (Lipinski definition) is 1. The summed E-state index contributed by atoms with van der Waals surface area (Å²) in [4.78, 5) is 13.9. The van der Waals surface area contributed by atoms with Gasteiger partial charge < -0.3 is 10.2 Å². The molecule has 1 N–H and O–H groups in total. The Hall–Kier alpha value is -0.650. The summed E-state index contributed by atoms with van der Waals surface area (Å²) in [5.41, 5.74) is 0.715. The molecule has 1 aliphatic heterocycles. The molecule has 1 aromatic carbocycles. The van der Waals surface area contributed by atoms with E-state index in [1.807, 2.05) is 4.90 Å². The average molecular weight is 352 g/mol. The van der Waals surface area contributed by atoms with E-state index in [0.29, 0.717) is 16.1 Å². The molecule has 0 aliphatic carbocycles. The van der Waals surface area contributed by atoms with Crippen LogP contribution in [0.4, 0.5) is 4.39 Å². The first-order valence-electron chi connectivity index (χ1n) is 6.01. The molecule has 1 amide bonds. The summed E-state index contributed by atoms with van der Waals surface area (Å²) in [6, 6.07) is 5.15. The van der Waals surface area contributed by atoms with Gasteiger partial charge in [0.1, 0.15) is 5.82 Å². The van der Waals surface area contributed by atoms with Crippen molar-refractivity contribution in [1.82, 2.24) is 10.2 Å². The third-order valence-electron chi connectivity index (χ3n) is 3.06. The van der Waals surface area contributed by atoms with Gasteiger partial charge in [0.15, 0.2) is 0 Å². The molecule has 0 saturated carbocycles. The van der Waals surface area contributed by atoms with Gasteiger partial charge in [-0.3, -0.25) is 4.79 Å². The van der Waals surface area contributed by atoms with Crippen molar-refractivity contribution in [1.29, 1.82) is 0 Å². The summed E-state index contributed by atoms with van der Waals surface area (Å²) >= 11 is 3.10. The number of nitrogens with one attached hydrogen (secondary N) is 1. The van der Waals surface area contributed by atoms with Gasteiger partial charge in [-0.1, -0.05) is 6.07 Å². The highest BCUT2D eigenvalue weighted by Crippen LogP contribution is 2.17. The third kappa shape index (κ3) is 4.44. The summed E-state index contributed by atoms with van der Waals surface area (Å²) in [6.07, 6.45) is 0.261. The Morgan fingerprint density at radius 3 is 2.95 bits per heavy atom. The number of piperazine rings is 1. The summed E-state index contributed by atoms with van der Waals surface area (Å²) < 4.78 is 13.8. The molecule has 0 unspecified atom stereocenters. The van der Waals surface area contributed by atoms with Crippen LogP contribution >= 0.6 is 28.3 Å². The summed E-state index contributed by atoms with van der Waals surface area (Å²) in [7, 11) is 0. The second-order valence-electron chi connectivity index (χ2n) is 4.62. The Morgan fingerprint density at radius 1 is 1.58 bits per heavy atom. The monoisotopic (exact) mass is 350 g/mol. The number of halogens is 3. The highest BCUT2D eigenvalue weighted by atomic mass is 79.9. The first kappa shape index (κ1) is 16.4. The van der Waals surface area contributed by atoms with Crippen molar-refractivity contribution in [3.63, 3.8) is 0 Å². The highest BCUT2D eigenvalue weighted by Gasteiger charge is 2.20. The molecule has 1 heterocycles. The number of hydrogen-bond acceptors (Lipinski definition) is 2. The minimum absolute atomic E-state index is 0. The van der Waals surface area contributed by atoms with Gasteiger partial charge >= 0.3 is 0 Å². The molecule has 1 saturated heterocycles. The third-order valence-corrected chi connectivity index (χ3v) is 3.70. The lowest BCUT2D eigenvalue weighted by molar-refractivity contribution is -0.131. The van der Waals surface area contributed by atoms with E-state index < -0.39 is 0 Å². The zero-order valence-corrected chi connectivity index (χ0v) is 13.1. The van der Waals surface area contributed by atoms with Crippen LogP contribution in [0, 0.1) is 5.82 Å². The van der Waals surface area contributed by atoms with E-state index >= 15 is 0 Å². The number of carbonyl (C=O) groups is 1. The lowest BCUT2D eigenvalue weighted by Gasteiger charge is -2.32. The second kappa shape index (κ2) is 7.22. The molecule has 1 aromatic rings. The zero-order chi connectivity index (χ0) is 13.1. The Bertz CT molecular complexity index is 458. The number of nitrogens with zero attached hydrogens (tertiary/aromatic N) is 1. The molecule has 1 aliphatic rings. The minimum atomic E-state index is -0.325. The fourth-order valence-electron chi connectivity index (χ4n) is 2.09.